The first-order chi connectivity index (χ1) is 8.40. The number of carbonyl (C=O) groups is 1. The van der Waals surface area contributed by atoms with E-state index in [2.05, 4.69) is 4.98 Å². The monoisotopic (exact) mass is 250 g/mol. The lowest BCUT2D eigenvalue weighted by Crippen LogP contribution is -2.32. The van der Waals surface area contributed by atoms with Gasteiger partial charge in [-0.05, 0) is 43.5 Å². The summed E-state index contributed by atoms with van der Waals surface area (Å²) < 4.78 is 13.9. The highest BCUT2D eigenvalue weighted by Gasteiger charge is 2.15. The molecule has 2 aromatic rings. The van der Waals surface area contributed by atoms with E-state index in [9.17, 15) is 9.18 Å². The highest BCUT2D eigenvalue weighted by molar-refractivity contribution is 5.85. The molecule has 0 saturated heterocycles. The zero-order valence-electron chi connectivity index (χ0n) is 10.2. The Morgan fingerprint density at radius 3 is 2.78 bits per heavy atom. The minimum absolute atomic E-state index is 0.117. The molecule has 1 atom stereocenters. The summed E-state index contributed by atoms with van der Waals surface area (Å²) >= 11 is 0. The highest BCUT2D eigenvalue weighted by Crippen LogP contribution is 2.25. The van der Waals surface area contributed by atoms with Crippen LogP contribution in [0.2, 0.25) is 0 Å². The Labute approximate surface area is 104 Å². The lowest BCUT2D eigenvalue weighted by atomic mass is 10.0. The molecule has 0 aliphatic carbocycles. The minimum atomic E-state index is -1.09. The van der Waals surface area contributed by atoms with E-state index in [4.69, 9.17) is 10.8 Å². The topological polar surface area (TPSA) is 79.1 Å². The number of H-pyrrole nitrogens is 1. The molecule has 4 N–H and O–H groups in total. The molecule has 0 fully saturated rings. The van der Waals surface area contributed by atoms with Gasteiger partial charge in [-0.1, -0.05) is 0 Å². The number of aryl methyl sites for hydroxylation is 2. The predicted octanol–water partition coefficient (Wildman–Crippen LogP) is 1.88. The van der Waals surface area contributed by atoms with Crippen LogP contribution in [0.1, 0.15) is 16.8 Å². The molecular formula is C13H15FN2O2. The number of fused-ring (bicyclic) bond motifs is 1. The van der Waals surface area contributed by atoms with Gasteiger partial charge in [0.2, 0.25) is 0 Å². The van der Waals surface area contributed by atoms with Crippen molar-refractivity contribution >= 4 is 16.9 Å². The fourth-order valence-corrected chi connectivity index (χ4v) is 2.03. The van der Waals surface area contributed by atoms with Crippen LogP contribution < -0.4 is 5.73 Å². The maximum absolute atomic E-state index is 13.9. The number of hydrogen-bond donors (Lipinski definition) is 3. The van der Waals surface area contributed by atoms with Gasteiger partial charge >= 0.3 is 5.97 Å². The van der Waals surface area contributed by atoms with E-state index >= 15 is 0 Å². The molecule has 1 aromatic carbocycles. The number of nitrogens with two attached hydrogens (primary N) is 1. The largest absolute Gasteiger partial charge is 0.480 e. The Balaban J connectivity index is 2.48. The molecule has 0 spiro atoms. The second-order valence-corrected chi connectivity index (χ2v) is 4.52. The quantitative estimate of drug-likeness (QED) is 0.778. The van der Waals surface area contributed by atoms with Gasteiger partial charge in [-0.2, -0.15) is 0 Å². The summed E-state index contributed by atoms with van der Waals surface area (Å²) in [6.45, 7) is 3.77. The third-order valence-corrected chi connectivity index (χ3v) is 3.20. The molecule has 4 nitrogen and oxygen atoms in total. The molecule has 0 aliphatic heterocycles. The van der Waals surface area contributed by atoms with Crippen LogP contribution in [-0.2, 0) is 11.2 Å². The van der Waals surface area contributed by atoms with E-state index in [0.717, 1.165) is 16.6 Å². The molecule has 0 bridgehead atoms. The first-order valence-electron chi connectivity index (χ1n) is 5.66. The van der Waals surface area contributed by atoms with Crippen LogP contribution in [0.3, 0.4) is 0 Å². The summed E-state index contributed by atoms with van der Waals surface area (Å²) in [4.78, 5) is 13.7. The summed E-state index contributed by atoms with van der Waals surface area (Å²) in [5.41, 5.74) is 8.38. The Kier molecular flexibility index (Phi) is 3.09. The van der Waals surface area contributed by atoms with Crippen LogP contribution in [-0.4, -0.2) is 22.1 Å². The number of halogens is 1. The van der Waals surface area contributed by atoms with Crippen molar-refractivity contribution in [2.45, 2.75) is 26.3 Å². The normalized spacial score (nSPS) is 12.9. The Bertz CT molecular complexity index is 619. The van der Waals surface area contributed by atoms with Gasteiger partial charge in [-0.25, -0.2) is 4.39 Å². The third kappa shape index (κ3) is 2.09. The molecule has 96 valence electrons. The summed E-state index contributed by atoms with van der Waals surface area (Å²) in [5.74, 6) is -1.46. The zero-order chi connectivity index (χ0) is 13.4. The first kappa shape index (κ1) is 12.6. The van der Waals surface area contributed by atoms with Crippen molar-refractivity contribution < 1.29 is 14.3 Å². The van der Waals surface area contributed by atoms with E-state index < -0.39 is 12.0 Å². The number of aliphatic carboxylic acids is 1. The van der Waals surface area contributed by atoms with Gasteiger partial charge in [-0.3, -0.25) is 4.79 Å². The van der Waals surface area contributed by atoms with Gasteiger partial charge in [0.15, 0.2) is 0 Å². The van der Waals surface area contributed by atoms with Crippen molar-refractivity contribution in [1.29, 1.82) is 0 Å². The number of rotatable bonds is 3. The van der Waals surface area contributed by atoms with Gasteiger partial charge in [0.05, 0.1) is 5.52 Å². The predicted molar refractivity (Wildman–Crippen MR) is 67.0 cm³/mol. The molecule has 0 radical (unpaired) electrons. The Morgan fingerprint density at radius 2 is 2.17 bits per heavy atom. The maximum atomic E-state index is 13.9. The number of hydrogen-bond acceptors (Lipinski definition) is 2. The van der Waals surface area contributed by atoms with Crippen LogP contribution in [0.15, 0.2) is 12.1 Å². The van der Waals surface area contributed by atoms with Crippen molar-refractivity contribution in [2.75, 3.05) is 0 Å². The molecule has 2 rings (SSSR count). The second-order valence-electron chi connectivity index (χ2n) is 4.52. The van der Waals surface area contributed by atoms with Crippen LogP contribution in [0.25, 0.3) is 10.9 Å². The number of aromatic nitrogens is 1. The summed E-state index contributed by atoms with van der Waals surface area (Å²) in [7, 11) is 0. The number of benzene rings is 1. The first-order valence-corrected chi connectivity index (χ1v) is 5.66. The number of carboxylic acid groups (broad SMARTS) is 1. The average Bonchev–Trinajstić information content (AvgIpc) is 2.57. The van der Waals surface area contributed by atoms with E-state index in [1.165, 1.54) is 6.07 Å². The standard InChI is InChI=1S/C13H15FN2O2/c1-6-7(2)16-12-9(6)3-8(4-10(12)14)5-11(15)13(17)18/h3-4,11,16H,5,15H2,1-2H3,(H,17,18). The summed E-state index contributed by atoms with van der Waals surface area (Å²) in [6.07, 6.45) is 0.117. The Hall–Kier alpha value is -1.88. The van der Waals surface area contributed by atoms with Crippen molar-refractivity contribution in [3.63, 3.8) is 0 Å². The second kappa shape index (κ2) is 4.42. The fourth-order valence-electron chi connectivity index (χ4n) is 2.03. The molecule has 0 amide bonds. The molecule has 5 heteroatoms. The molecule has 1 unspecified atom stereocenters. The SMILES string of the molecule is Cc1[nH]c2c(F)cc(CC(N)C(=O)O)cc2c1C. The summed E-state index contributed by atoms with van der Waals surface area (Å²) in [5, 5.41) is 9.54. The zero-order valence-corrected chi connectivity index (χ0v) is 10.2. The third-order valence-electron chi connectivity index (χ3n) is 3.20. The molecular weight excluding hydrogens is 235 g/mol. The van der Waals surface area contributed by atoms with E-state index in [1.807, 2.05) is 13.8 Å². The number of carboxylic acids is 1. The van der Waals surface area contributed by atoms with Gasteiger partial charge in [0.1, 0.15) is 11.9 Å². The van der Waals surface area contributed by atoms with Crippen molar-refractivity contribution in [3.05, 3.63) is 34.8 Å². The molecule has 1 heterocycles. The van der Waals surface area contributed by atoms with Gasteiger partial charge in [0, 0.05) is 11.1 Å². The molecule has 0 aliphatic rings. The van der Waals surface area contributed by atoms with Crippen molar-refractivity contribution in [3.8, 4) is 0 Å². The Morgan fingerprint density at radius 1 is 1.50 bits per heavy atom. The van der Waals surface area contributed by atoms with Crippen LogP contribution in [0, 0.1) is 19.7 Å². The highest BCUT2D eigenvalue weighted by atomic mass is 19.1. The number of aromatic amines is 1. The van der Waals surface area contributed by atoms with Crippen LogP contribution >= 0.6 is 0 Å². The molecule has 18 heavy (non-hydrogen) atoms. The molecule has 1 aromatic heterocycles. The minimum Gasteiger partial charge on any atom is -0.480 e. The van der Waals surface area contributed by atoms with Crippen molar-refractivity contribution in [2.24, 2.45) is 5.73 Å². The molecule has 0 saturated carbocycles. The van der Waals surface area contributed by atoms with Gasteiger partial charge in [-0.15, -0.1) is 0 Å². The van der Waals surface area contributed by atoms with E-state index in [-0.39, 0.29) is 12.2 Å². The lowest BCUT2D eigenvalue weighted by Gasteiger charge is -2.07. The fraction of sp³-hybridized carbons (Fsp3) is 0.308. The van der Waals surface area contributed by atoms with Gasteiger partial charge in [0.25, 0.3) is 0 Å². The van der Waals surface area contributed by atoms with Crippen LogP contribution in [0.4, 0.5) is 4.39 Å². The lowest BCUT2D eigenvalue weighted by molar-refractivity contribution is -0.138. The average molecular weight is 250 g/mol. The van der Waals surface area contributed by atoms with Gasteiger partial charge < -0.3 is 15.8 Å². The van der Waals surface area contributed by atoms with E-state index in [1.54, 1.807) is 6.07 Å². The van der Waals surface area contributed by atoms with E-state index in [0.29, 0.717) is 11.1 Å². The van der Waals surface area contributed by atoms with Crippen LogP contribution in [0.5, 0.6) is 0 Å². The van der Waals surface area contributed by atoms with Crippen molar-refractivity contribution in [1.82, 2.24) is 4.98 Å². The summed E-state index contributed by atoms with van der Waals surface area (Å²) in [6, 6.07) is 2.11. The smallest absolute Gasteiger partial charge is 0.320 e. The number of nitrogens with one attached hydrogen (secondary N) is 1. The maximum Gasteiger partial charge on any atom is 0.320 e.